The van der Waals surface area contributed by atoms with Crippen molar-refractivity contribution in [1.29, 1.82) is 5.26 Å². The maximum Gasteiger partial charge on any atom is 0.270 e. The summed E-state index contributed by atoms with van der Waals surface area (Å²) in [5.74, 6) is -0.367. The van der Waals surface area contributed by atoms with Gasteiger partial charge in [-0.25, -0.2) is 0 Å². The summed E-state index contributed by atoms with van der Waals surface area (Å²) >= 11 is 3.18. The van der Waals surface area contributed by atoms with Crippen LogP contribution in [0.25, 0.3) is 0 Å². The Kier molecular flexibility index (Phi) is 4.30. The van der Waals surface area contributed by atoms with Crippen LogP contribution in [0.3, 0.4) is 0 Å². The van der Waals surface area contributed by atoms with Crippen LogP contribution < -0.4 is 5.32 Å². The number of carbonyl (C=O) groups is 1. The minimum Gasteiger partial charge on any atom is -0.321 e. The van der Waals surface area contributed by atoms with Crippen molar-refractivity contribution in [2.45, 2.75) is 0 Å². The monoisotopic (exact) mass is 345 g/mol. The summed E-state index contributed by atoms with van der Waals surface area (Å²) < 4.78 is 0.415. The molecule has 1 N–H and O–H groups in total. The first-order valence-electron chi connectivity index (χ1n) is 5.76. The van der Waals surface area contributed by atoms with E-state index < -0.39 is 4.92 Å². The van der Waals surface area contributed by atoms with Crippen molar-refractivity contribution in [3.63, 3.8) is 0 Å². The van der Waals surface area contributed by atoms with E-state index in [-0.39, 0.29) is 11.6 Å². The van der Waals surface area contributed by atoms with Gasteiger partial charge in [0.25, 0.3) is 11.6 Å². The number of non-ortho nitro benzene ring substituents is 1. The van der Waals surface area contributed by atoms with Crippen molar-refractivity contribution in [2.24, 2.45) is 0 Å². The van der Waals surface area contributed by atoms with Crippen molar-refractivity contribution in [3.8, 4) is 6.07 Å². The number of anilines is 1. The largest absolute Gasteiger partial charge is 0.321 e. The van der Waals surface area contributed by atoms with Gasteiger partial charge in [0.1, 0.15) is 0 Å². The summed E-state index contributed by atoms with van der Waals surface area (Å²) in [6, 6.07) is 12.2. The summed E-state index contributed by atoms with van der Waals surface area (Å²) in [6.07, 6.45) is 0. The van der Waals surface area contributed by atoms with Crippen LogP contribution in [0.1, 0.15) is 15.9 Å². The third-order valence-corrected chi connectivity index (χ3v) is 3.34. The average Bonchev–Trinajstić information content (AvgIpc) is 2.49. The zero-order valence-corrected chi connectivity index (χ0v) is 12.1. The number of halogens is 1. The van der Waals surface area contributed by atoms with Gasteiger partial charge in [-0.15, -0.1) is 0 Å². The van der Waals surface area contributed by atoms with Gasteiger partial charge in [0.05, 0.1) is 22.2 Å². The van der Waals surface area contributed by atoms with E-state index in [0.717, 1.165) is 0 Å². The first-order chi connectivity index (χ1) is 10.0. The molecule has 0 fully saturated rings. The molecular formula is C14H8BrN3O3. The molecule has 6 nitrogen and oxygen atoms in total. The molecule has 0 radical (unpaired) electrons. The SMILES string of the molecule is N#Cc1ccc(C(=O)Nc2ccc([N+](=O)[O-])cc2Br)cc1. The van der Waals surface area contributed by atoms with Gasteiger partial charge in [0.2, 0.25) is 0 Å². The summed E-state index contributed by atoms with van der Waals surface area (Å²) in [4.78, 5) is 22.2. The Morgan fingerprint density at radius 2 is 1.90 bits per heavy atom. The van der Waals surface area contributed by atoms with E-state index in [2.05, 4.69) is 21.2 Å². The van der Waals surface area contributed by atoms with Crippen LogP contribution in [0.2, 0.25) is 0 Å². The molecule has 0 bridgehead atoms. The summed E-state index contributed by atoms with van der Waals surface area (Å²) in [7, 11) is 0. The Balaban J connectivity index is 2.19. The topological polar surface area (TPSA) is 96.0 Å². The molecular weight excluding hydrogens is 338 g/mol. The lowest BCUT2D eigenvalue weighted by atomic mass is 10.1. The van der Waals surface area contributed by atoms with Crippen LogP contribution >= 0.6 is 15.9 Å². The lowest BCUT2D eigenvalue weighted by Gasteiger charge is -2.07. The normalized spacial score (nSPS) is 9.71. The molecule has 2 aromatic carbocycles. The van der Waals surface area contributed by atoms with Crippen molar-refractivity contribution in [3.05, 3.63) is 68.2 Å². The zero-order chi connectivity index (χ0) is 15.4. The van der Waals surface area contributed by atoms with E-state index in [1.807, 2.05) is 6.07 Å². The first kappa shape index (κ1) is 14.7. The third kappa shape index (κ3) is 3.43. The van der Waals surface area contributed by atoms with Gasteiger partial charge in [0, 0.05) is 22.2 Å². The molecule has 0 aliphatic rings. The molecule has 0 aliphatic carbocycles. The number of hydrogen-bond donors (Lipinski definition) is 1. The number of nitro benzene ring substituents is 1. The maximum absolute atomic E-state index is 12.0. The van der Waals surface area contributed by atoms with Gasteiger partial charge < -0.3 is 5.32 Å². The third-order valence-electron chi connectivity index (χ3n) is 2.69. The Morgan fingerprint density at radius 1 is 1.24 bits per heavy atom. The van der Waals surface area contributed by atoms with E-state index in [1.165, 1.54) is 30.3 Å². The zero-order valence-electron chi connectivity index (χ0n) is 10.5. The Morgan fingerprint density at radius 3 is 2.43 bits per heavy atom. The van der Waals surface area contributed by atoms with Crippen molar-refractivity contribution < 1.29 is 9.72 Å². The number of benzene rings is 2. The van der Waals surface area contributed by atoms with E-state index in [4.69, 9.17) is 5.26 Å². The molecule has 0 aromatic heterocycles. The van der Waals surface area contributed by atoms with Crippen LogP contribution in [-0.2, 0) is 0 Å². The Hall–Kier alpha value is -2.72. The molecule has 7 heteroatoms. The summed E-state index contributed by atoms with van der Waals surface area (Å²) in [5, 5.41) is 22.0. The molecule has 104 valence electrons. The van der Waals surface area contributed by atoms with Gasteiger partial charge in [-0.2, -0.15) is 5.26 Å². The molecule has 0 unspecified atom stereocenters. The van der Waals surface area contributed by atoms with E-state index in [9.17, 15) is 14.9 Å². The second-order valence-corrected chi connectivity index (χ2v) is 4.92. The maximum atomic E-state index is 12.0. The number of rotatable bonds is 3. The summed E-state index contributed by atoms with van der Waals surface area (Å²) in [5.41, 5.74) is 1.20. The first-order valence-corrected chi connectivity index (χ1v) is 6.56. The fraction of sp³-hybridized carbons (Fsp3) is 0. The predicted molar refractivity (Wildman–Crippen MR) is 79.9 cm³/mol. The second-order valence-electron chi connectivity index (χ2n) is 4.06. The van der Waals surface area contributed by atoms with Crippen LogP contribution in [0.5, 0.6) is 0 Å². The number of nitrogens with one attached hydrogen (secondary N) is 1. The fourth-order valence-corrected chi connectivity index (χ4v) is 2.08. The standard InChI is InChI=1S/C14H8BrN3O3/c15-12-7-11(18(20)21)5-6-13(12)17-14(19)10-3-1-9(8-16)2-4-10/h1-7H,(H,17,19). The molecule has 2 aromatic rings. The number of nitriles is 1. The quantitative estimate of drug-likeness (QED) is 0.680. The molecule has 2 rings (SSSR count). The molecule has 0 saturated heterocycles. The molecule has 0 heterocycles. The van der Waals surface area contributed by atoms with E-state index in [1.54, 1.807) is 12.1 Å². The van der Waals surface area contributed by atoms with Gasteiger partial charge in [-0.05, 0) is 46.3 Å². The minimum atomic E-state index is -0.517. The Bertz CT molecular complexity index is 751. The number of carbonyl (C=O) groups excluding carboxylic acids is 1. The number of amides is 1. The van der Waals surface area contributed by atoms with Gasteiger partial charge in [-0.3, -0.25) is 14.9 Å². The van der Waals surface area contributed by atoms with Gasteiger partial charge in [-0.1, -0.05) is 0 Å². The highest BCUT2D eigenvalue weighted by atomic mass is 79.9. The molecule has 0 spiro atoms. The molecule has 0 saturated carbocycles. The van der Waals surface area contributed by atoms with Crippen LogP contribution in [-0.4, -0.2) is 10.8 Å². The number of nitrogens with zero attached hydrogens (tertiary/aromatic N) is 2. The van der Waals surface area contributed by atoms with Crippen molar-refractivity contribution in [2.75, 3.05) is 5.32 Å². The van der Waals surface area contributed by atoms with Crippen molar-refractivity contribution >= 4 is 33.2 Å². The molecule has 0 atom stereocenters. The highest BCUT2D eigenvalue weighted by Gasteiger charge is 2.12. The highest BCUT2D eigenvalue weighted by Crippen LogP contribution is 2.27. The fourth-order valence-electron chi connectivity index (χ4n) is 1.61. The average molecular weight is 346 g/mol. The Labute approximate surface area is 128 Å². The predicted octanol–water partition coefficient (Wildman–Crippen LogP) is 3.48. The highest BCUT2D eigenvalue weighted by molar-refractivity contribution is 9.10. The van der Waals surface area contributed by atoms with Crippen LogP contribution in [0, 0.1) is 21.4 Å². The molecule has 21 heavy (non-hydrogen) atoms. The smallest absolute Gasteiger partial charge is 0.270 e. The van der Waals surface area contributed by atoms with E-state index >= 15 is 0 Å². The van der Waals surface area contributed by atoms with Crippen LogP contribution in [0.15, 0.2) is 46.9 Å². The minimum absolute atomic E-state index is 0.0711. The van der Waals surface area contributed by atoms with Gasteiger partial charge >= 0.3 is 0 Å². The van der Waals surface area contributed by atoms with E-state index in [0.29, 0.717) is 21.3 Å². The lowest BCUT2D eigenvalue weighted by Crippen LogP contribution is -2.12. The molecule has 0 aliphatic heterocycles. The van der Waals surface area contributed by atoms with Crippen LogP contribution in [0.4, 0.5) is 11.4 Å². The van der Waals surface area contributed by atoms with Gasteiger partial charge in [0.15, 0.2) is 0 Å². The van der Waals surface area contributed by atoms with Crippen molar-refractivity contribution in [1.82, 2.24) is 0 Å². The summed E-state index contributed by atoms with van der Waals surface area (Å²) in [6.45, 7) is 0. The number of nitro groups is 1. The molecule has 1 amide bonds. The number of hydrogen-bond acceptors (Lipinski definition) is 4. The lowest BCUT2D eigenvalue weighted by molar-refractivity contribution is -0.384. The second kappa shape index (κ2) is 6.15.